The lowest BCUT2D eigenvalue weighted by Crippen LogP contribution is -2.34. The van der Waals surface area contributed by atoms with Crippen LogP contribution in [0.4, 0.5) is 10.1 Å². The van der Waals surface area contributed by atoms with E-state index < -0.39 is 0 Å². The normalized spacial score (nSPS) is 12.9. The second kappa shape index (κ2) is 7.99. The molecule has 0 fully saturated rings. The van der Waals surface area contributed by atoms with Gasteiger partial charge in [0.25, 0.3) is 5.91 Å². The number of anilines is 1. The van der Waals surface area contributed by atoms with Gasteiger partial charge in [-0.1, -0.05) is 12.1 Å². The average Bonchev–Trinajstić information content (AvgIpc) is 2.64. The number of nitrogens with zero attached hydrogens (tertiary/aromatic N) is 1. The van der Waals surface area contributed by atoms with Crippen molar-refractivity contribution >= 4 is 17.5 Å². The van der Waals surface area contributed by atoms with Crippen molar-refractivity contribution in [2.24, 2.45) is 0 Å². The van der Waals surface area contributed by atoms with Crippen LogP contribution < -0.4 is 10.1 Å². The van der Waals surface area contributed by atoms with Crippen molar-refractivity contribution in [1.82, 2.24) is 4.90 Å². The number of rotatable bonds is 6. The van der Waals surface area contributed by atoms with Gasteiger partial charge in [-0.15, -0.1) is 0 Å². The van der Waals surface area contributed by atoms with Gasteiger partial charge in [0, 0.05) is 25.2 Å². The Balaban J connectivity index is 1.59. The number of nitrogens with one attached hydrogen (secondary N) is 1. The van der Waals surface area contributed by atoms with E-state index in [2.05, 4.69) is 5.32 Å². The maximum atomic E-state index is 13.3. The van der Waals surface area contributed by atoms with Crippen LogP contribution in [0.2, 0.25) is 0 Å². The smallest absolute Gasteiger partial charge is 0.260 e. The van der Waals surface area contributed by atoms with Crippen molar-refractivity contribution in [2.75, 3.05) is 18.5 Å². The van der Waals surface area contributed by atoms with Gasteiger partial charge in [0.1, 0.15) is 11.6 Å². The fourth-order valence-corrected chi connectivity index (χ4v) is 2.92. The number of carbonyl (C=O) groups is 2. The van der Waals surface area contributed by atoms with Gasteiger partial charge in [0.05, 0.1) is 0 Å². The summed E-state index contributed by atoms with van der Waals surface area (Å²) in [6, 6.07) is 11.6. The van der Waals surface area contributed by atoms with Crippen LogP contribution in [0.25, 0.3) is 0 Å². The summed E-state index contributed by atoms with van der Waals surface area (Å²) in [6.45, 7) is 2.63. The predicted molar refractivity (Wildman–Crippen MR) is 96.4 cm³/mol. The molecule has 0 bridgehead atoms. The van der Waals surface area contributed by atoms with Crippen molar-refractivity contribution < 1.29 is 18.7 Å². The van der Waals surface area contributed by atoms with Crippen LogP contribution in [0.5, 0.6) is 5.75 Å². The molecule has 0 aromatic heterocycles. The summed E-state index contributed by atoms with van der Waals surface area (Å²) >= 11 is 0. The first-order valence-electron chi connectivity index (χ1n) is 8.63. The molecule has 0 saturated heterocycles. The fourth-order valence-electron chi connectivity index (χ4n) is 2.92. The first kappa shape index (κ1) is 17.9. The predicted octanol–water partition coefficient (Wildman–Crippen LogP) is 3.14. The van der Waals surface area contributed by atoms with E-state index in [0.29, 0.717) is 31.7 Å². The van der Waals surface area contributed by atoms with E-state index in [-0.39, 0.29) is 24.2 Å². The van der Waals surface area contributed by atoms with Gasteiger partial charge >= 0.3 is 0 Å². The first-order valence-corrected chi connectivity index (χ1v) is 8.63. The quantitative estimate of drug-likeness (QED) is 0.865. The van der Waals surface area contributed by atoms with Crippen molar-refractivity contribution in [3.8, 4) is 5.75 Å². The summed E-state index contributed by atoms with van der Waals surface area (Å²) in [7, 11) is 0. The van der Waals surface area contributed by atoms with Crippen LogP contribution in [0.15, 0.2) is 42.5 Å². The number of hydrogen-bond acceptors (Lipinski definition) is 3. The minimum atomic E-state index is -0.316. The Kier molecular flexibility index (Phi) is 5.51. The molecule has 136 valence electrons. The number of halogens is 1. The zero-order chi connectivity index (χ0) is 18.5. The highest BCUT2D eigenvalue weighted by Crippen LogP contribution is 2.26. The maximum Gasteiger partial charge on any atom is 0.260 e. The summed E-state index contributed by atoms with van der Waals surface area (Å²) in [6.07, 6.45) is 1.11. The summed E-state index contributed by atoms with van der Waals surface area (Å²) in [5.74, 6) is 0.124. The number of hydrogen-bond donors (Lipinski definition) is 1. The Morgan fingerprint density at radius 2 is 2.08 bits per heavy atom. The van der Waals surface area contributed by atoms with Crippen LogP contribution in [0, 0.1) is 5.82 Å². The zero-order valence-corrected chi connectivity index (χ0v) is 14.6. The molecule has 2 aromatic rings. The number of likely N-dealkylation sites (N-methyl/N-ethyl adjacent to an activating group) is 1. The highest BCUT2D eigenvalue weighted by molar-refractivity contribution is 5.94. The number of aryl methyl sites for hydroxylation is 1. The highest BCUT2D eigenvalue weighted by Gasteiger charge is 2.17. The molecule has 6 heteroatoms. The molecular formula is C20H21FN2O3. The van der Waals surface area contributed by atoms with Crippen molar-refractivity contribution in [1.29, 1.82) is 0 Å². The number of carbonyl (C=O) groups excluding carboxylic acids is 2. The second-order valence-electron chi connectivity index (χ2n) is 6.19. The zero-order valence-electron chi connectivity index (χ0n) is 14.6. The maximum absolute atomic E-state index is 13.3. The number of ether oxygens (including phenoxy) is 1. The van der Waals surface area contributed by atoms with Crippen LogP contribution in [0.1, 0.15) is 24.5 Å². The first-order chi connectivity index (χ1) is 12.5. The van der Waals surface area contributed by atoms with Crippen molar-refractivity contribution in [3.05, 3.63) is 59.4 Å². The van der Waals surface area contributed by atoms with E-state index in [9.17, 15) is 14.0 Å². The van der Waals surface area contributed by atoms with Crippen LogP contribution in [-0.2, 0) is 22.6 Å². The molecular weight excluding hydrogens is 335 g/mol. The Labute approximate surface area is 151 Å². The highest BCUT2D eigenvalue weighted by atomic mass is 19.1. The second-order valence-corrected chi connectivity index (χ2v) is 6.19. The summed E-state index contributed by atoms with van der Waals surface area (Å²) in [4.78, 5) is 25.4. The molecule has 0 atom stereocenters. The Morgan fingerprint density at radius 1 is 1.23 bits per heavy atom. The minimum Gasteiger partial charge on any atom is -0.484 e. The molecule has 1 aliphatic heterocycles. The molecule has 5 nitrogen and oxygen atoms in total. The fraction of sp³-hybridized carbons (Fsp3) is 0.300. The number of benzene rings is 2. The lowest BCUT2D eigenvalue weighted by atomic mass is 10.0. The molecule has 1 aliphatic rings. The third-order valence-corrected chi connectivity index (χ3v) is 4.33. The molecule has 1 N–H and O–H groups in total. The van der Waals surface area contributed by atoms with Gasteiger partial charge in [-0.05, 0) is 54.8 Å². The average molecular weight is 356 g/mol. The molecule has 0 aliphatic carbocycles. The summed E-state index contributed by atoms with van der Waals surface area (Å²) in [5.41, 5.74) is 2.53. The van der Waals surface area contributed by atoms with E-state index in [0.717, 1.165) is 16.8 Å². The van der Waals surface area contributed by atoms with Crippen LogP contribution in [-0.4, -0.2) is 29.9 Å². The Bertz CT molecular complexity index is 822. The Hall–Kier alpha value is -2.89. The molecule has 1 heterocycles. The molecule has 3 rings (SSSR count). The molecule has 0 saturated carbocycles. The van der Waals surface area contributed by atoms with Gasteiger partial charge in [0.2, 0.25) is 5.91 Å². The van der Waals surface area contributed by atoms with E-state index in [4.69, 9.17) is 4.74 Å². The van der Waals surface area contributed by atoms with Crippen molar-refractivity contribution in [2.45, 2.75) is 26.3 Å². The number of amides is 2. The lowest BCUT2D eigenvalue weighted by molar-refractivity contribution is -0.133. The third-order valence-electron chi connectivity index (χ3n) is 4.33. The molecule has 26 heavy (non-hydrogen) atoms. The Morgan fingerprint density at radius 3 is 2.85 bits per heavy atom. The van der Waals surface area contributed by atoms with E-state index in [1.165, 1.54) is 12.1 Å². The van der Waals surface area contributed by atoms with E-state index in [1.54, 1.807) is 29.2 Å². The third kappa shape index (κ3) is 4.39. The number of fused-ring (bicyclic) bond motifs is 1. The van der Waals surface area contributed by atoms with Gasteiger partial charge in [0.15, 0.2) is 6.61 Å². The monoisotopic (exact) mass is 356 g/mol. The lowest BCUT2D eigenvalue weighted by Gasteiger charge is -2.22. The minimum absolute atomic E-state index is 0.0114. The van der Waals surface area contributed by atoms with Gasteiger partial charge in [-0.25, -0.2) is 4.39 Å². The largest absolute Gasteiger partial charge is 0.484 e. The SMILES string of the molecule is CCN(Cc1cccc(F)c1)C(=O)COc1ccc2c(c1)CCC(=O)N2. The molecule has 2 aromatic carbocycles. The molecule has 0 unspecified atom stereocenters. The van der Waals surface area contributed by atoms with Gasteiger partial charge in [-0.2, -0.15) is 0 Å². The van der Waals surface area contributed by atoms with Crippen LogP contribution >= 0.6 is 0 Å². The van der Waals surface area contributed by atoms with Crippen LogP contribution in [0.3, 0.4) is 0 Å². The topological polar surface area (TPSA) is 58.6 Å². The summed E-state index contributed by atoms with van der Waals surface area (Å²) in [5, 5.41) is 2.81. The molecule has 2 amide bonds. The standard InChI is InChI=1S/C20H21FN2O3/c1-2-23(12-14-4-3-5-16(21)10-14)20(25)13-26-17-7-8-18-15(11-17)6-9-19(24)22-18/h3-5,7-8,10-11H,2,6,9,12-13H2,1H3,(H,22,24). The van der Waals surface area contributed by atoms with E-state index in [1.807, 2.05) is 13.0 Å². The van der Waals surface area contributed by atoms with Gasteiger partial charge in [-0.3, -0.25) is 9.59 Å². The van der Waals surface area contributed by atoms with E-state index >= 15 is 0 Å². The molecule has 0 spiro atoms. The van der Waals surface area contributed by atoms with Crippen molar-refractivity contribution in [3.63, 3.8) is 0 Å². The van der Waals surface area contributed by atoms with Gasteiger partial charge < -0.3 is 15.0 Å². The molecule has 0 radical (unpaired) electrons. The summed E-state index contributed by atoms with van der Waals surface area (Å²) < 4.78 is 18.9.